The molecule has 0 radical (unpaired) electrons. The third-order valence-electron chi connectivity index (χ3n) is 3.32. The second-order valence-electron chi connectivity index (χ2n) is 4.98. The fourth-order valence-electron chi connectivity index (χ4n) is 2.28. The predicted octanol–water partition coefficient (Wildman–Crippen LogP) is 1.62. The summed E-state index contributed by atoms with van der Waals surface area (Å²) in [6, 6.07) is 10.7. The fraction of sp³-hybridized carbons (Fsp3) is 0.312. The van der Waals surface area contributed by atoms with Crippen LogP contribution in [-0.2, 0) is 4.74 Å². The zero-order valence-electron chi connectivity index (χ0n) is 12.1. The second-order valence-corrected chi connectivity index (χ2v) is 4.98. The van der Waals surface area contributed by atoms with Gasteiger partial charge in [0.15, 0.2) is 0 Å². The van der Waals surface area contributed by atoms with Crippen LogP contribution in [0, 0.1) is 0 Å². The zero-order valence-corrected chi connectivity index (χ0v) is 12.1. The highest BCUT2D eigenvalue weighted by atomic mass is 16.5. The summed E-state index contributed by atoms with van der Waals surface area (Å²) < 4.78 is 4.83. The van der Waals surface area contributed by atoms with E-state index in [1.807, 2.05) is 18.2 Å². The highest BCUT2D eigenvalue weighted by Gasteiger charge is 2.19. The molecule has 0 spiro atoms. The summed E-state index contributed by atoms with van der Waals surface area (Å²) in [4.78, 5) is 13.7. The number of benzene rings is 2. The van der Waals surface area contributed by atoms with Crippen molar-refractivity contribution in [3.63, 3.8) is 0 Å². The maximum absolute atomic E-state index is 12.4. The molecule has 0 aliphatic heterocycles. The van der Waals surface area contributed by atoms with Crippen molar-refractivity contribution in [1.29, 1.82) is 0 Å². The van der Waals surface area contributed by atoms with Crippen LogP contribution >= 0.6 is 0 Å². The normalized spacial score (nSPS) is 12.3. The number of aromatic hydroxyl groups is 1. The van der Waals surface area contributed by atoms with Gasteiger partial charge in [0, 0.05) is 26.1 Å². The Bertz CT molecular complexity index is 641. The number of nitrogens with zero attached hydrogens (tertiary/aromatic N) is 1. The first-order valence-electron chi connectivity index (χ1n) is 6.67. The minimum atomic E-state index is -0.758. The molecule has 5 nitrogen and oxygen atoms in total. The molecule has 0 aliphatic rings. The Morgan fingerprint density at radius 2 is 2.00 bits per heavy atom. The van der Waals surface area contributed by atoms with Gasteiger partial charge in [-0.1, -0.05) is 30.3 Å². The molecule has 112 valence electrons. The Kier molecular flexibility index (Phi) is 4.77. The van der Waals surface area contributed by atoms with Gasteiger partial charge in [0.05, 0.1) is 18.3 Å². The Labute approximate surface area is 123 Å². The molecule has 2 aromatic carbocycles. The van der Waals surface area contributed by atoms with Crippen molar-refractivity contribution in [3.05, 3.63) is 42.0 Å². The Morgan fingerprint density at radius 1 is 1.29 bits per heavy atom. The number of methoxy groups -OCH3 is 1. The van der Waals surface area contributed by atoms with Gasteiger partial charge in [0.2, 0.25) is 0 Å². The number of hydrogen-bond acceptors (Lipinski definition) is 4. The molecular weight excluding hydrogens is 270 g/mol. The van der Waals surface area contributed by atoms with Crippen LogP contribution in [0.3, 0.4) is 0 Å². The number of amides is 1. The van der Waals surface area contributed by atoms with Gasteiger partial charge in [-0.2, -0.15) is 0 Å². The van der Waals surface area contributed by atoms with Gasteiger partial charge in [0.1, 0.15) is 5.75 Å². The summed E-state index contributed by atoms with van der Waals surface area (Å²) in [5.41, 5.74) is 0.223. The number of rotatable bonds is 5. The quantitative estimate of drug-likeness (QED) is 0.877. The van der Waals surface area contributed by atoms with Crippen molar-refractivity contribution in [3.8, 4) is 5.75 Å². The van der Waals surface area contributed by atoms with Crippen molar-refractivity contribution in [1.82, 2.24) is 4.90 Å². The second kappa shape index (κ2) is 6.56. The number of phenols is 1. The first-order valence-corrected chi connectivity index (χ1v) is 6.67. The van der Waals surface area contributed by atoms with Crippen LogP contribution in [0.2, 0.25) is 0 Å². The molecule has 0 fully saturated rings. The van der Waals surface area contributed by atoms with Gasteiger partial charge >= 0.3 is 0 Å². The number of aliphatic hydroxyl groups excluding tert-OH is 1. The molecule has 0 saturated heterocycles. The van der Waals surface area contributed by atoms with Gasteiger partial charge in [0.25, 0.3) is 5.91 Å². The van der Waals surface area contributed by atoms with Gasteiger partial charge in [-0.25, -0.2) is 0 Å². The minimum absolute atomic E-state index is 0.0359. The van der Waals surface area contributed by atoms with E-state index in [4.69, 9.17) is 4.74 Å². The fourth-order valence-corrected chi connectivity index (χ4v) is 2.28. The maximum Gasteiger partial charge on any atom is 0.257 e. The lowest BCUT2D eigenvalue weighted by Crippen LogP contribution is -2.36. The van der Waals surface area contributed by atoms with Crippen molar-refractivity contribution >= 4 is 16.7 Å². The number of aliphatic hydroxyl groups is 1. The maximum atomic E-state index is 12.4. The molecule has 2 aromatic rings. The SMILES string of the molecule is COCC(O)CN(C)C(=O)c1ccc2ccccc2c1O. The van der Waals surface area contributed by atoms with E-state index in [1.54, 1.807) is 25.2 Å². The molecule has 0 aliphatic carbocycles. The molecule has 2 N–H and O–H groups in total. The Balaban J connectivity index is 2.25. The average Bonchev–Trinajstić information content (AvgIpc) is 2.47. The van der Waals surface area contributed by atoms with Crippen molar-refractivity contribution in [2.24, 2.45) is 0 Å². The van der Waals surface area contributed by atoms with Gasteiger partial charge < -0.3 is 19.8 Å². The number of hydrogen-bond donors (Lipinski definition) is 2. The number of phenolic OH excluding ortho intramolecular Hbond substituents is 1. The number of carbonyl (C=O) groups is 1. The van der Waals surface area contributed by atoms with E-state index in [9.17, 15) is 15.0 Å². The van der Waals surface area contributed by atoms with E-state index in [0.717, 1.165) is 5.39 Å². The summed E-state index contributed by atoms with van der Waals surface area (Å²) in [6.07, 6.45) is -0.758. The standard InChI is InChI=1S/C16H19NO4/c1-17(9-12(18)10-21-2)16(20)14-8-7-11-5-3-4-6-13(11)15(14)19/h3-8,12,18-19H,9-10H2,1-2H3. The van der Waals surface area contributed by atoms with E-state index >= 15 is 0 Å². The van der Waals surface area contributed by atoms with Crippen LogP contribution in [0.15, 0.2) is 36.4 Å². The highest BCUT2D eigenvalue weighted by molar-refractivity contribution is 6.03. The number of fused-ring (bicyclic) bond motifs is 1. The topological polar surface area (TPSA) is 70.0 Å². The highest BCUT2D eigenvalue weighted by Crippen LogP contribution is 2.29. The molecule has 0 heterocycles. The van der Waals surface area contributed by atoms with E-state index in [2.05, 4.69) is 0 Å². The monoisotopic (exact) mass is 289 g/mol. The van der Waals surface area contributed by atoms with E-state index < -0.39 is 6.10 Å². The van der Waals surface area contributed by atoms with Crippen LogP contribution in [0.5, 0.6) is 5.75 Å². The smallest absolute Gasteiger partial charge is 0.257 e. The molecule has 0 bridgehead atoms. The summed E-state index contributed by atoms with van der Waals surface area (Å²) in [6.45, 7) is 0.292. The van der Waals surface area contributed by atoms with Crippen molar-refractivity contribution in [2.75, 3.05) is 27.3 Å². The largest absolute Gasteiger partial charge is 0.506 e. The molecule has 21 heavy (non-hydrogen) atoms. The first kappa shape index (κ1) is 15.3. The van der Waals surface area contributed by atoms with Crippen LogP contribution in [0.4, 0.5) is 0 Å². The van der Waals surface area contributed by atoms with E-state index in [1.165, 1.54) is 12.0 Å². The number of ether oxygens (including phenoxy) is 1. The molecular formula is C16H19NO4. The molecule has 0 aromatic heterocycles. The summed E-state index contributed by atoms with van der Waals surface area (Å²) in [5.74, 6) is -0.375. The number of carbonyl (C=O) groups excluding carboxylic acids is 1. The van der Waals surface area contributed by atoms with Crippen LogP contribution < -0.4 is 0 Å². The molecule has 1 atom stereocenters. The van der Waals surface area contributed by atoms with E-state index in [-0.39, 0.29) is 30.4 Å². The van der Waals surface area contributed by atoms with Gasteiger partial charge in [-0.15, -0.1) is 0 Å². The van der Waals surface area contributed by atoms with Crippen LogP contribution in [0.1, 0.15) is 10.4 Å². The molecule has 2 rings (SSSR count). The Morgan fingerprint density at radius 3 is 2.71 bits per heavy atom. The van der Waals surface area contributed by atoms with Gasteiger partial charge in [-0.3, -0.25) is 4.79 Å². The summed E-state index contributed by atoms with van der Waals surface area (Å²) in [7, 11) is 3.07. The summed E-state index contributed by atoms with van der Waals surface area (Å²) >= 11 is 0. The lowest BCUT2D eigenvalue weighted by atomic mass is 10.0. The van der Waals surface area contributed by atoms with Crippen LogP contribution in [-0.4, -0.2) is 54.4 Å². The average molecular weight is 289 g/mol. The molecule has 1 amide bonds. The molecule has 5 heteroatoms. The third kappa shape index (κ3) is 3.32. The summed E-state index contributed by atoms with van der Waals surface area (Å²) in [5, 5.41) is 21.4. The molecule has 0 saturated carbocycles. The first-order chi connectivity index (χ1) is 10.0. The van der Waals surface area contributed by atoms with Crippen molar-refractivity contribution in [2.45, 2.75) is 6.10 Å². The van der Waals surface area contributed by atoms with Gasteiger partial charge in [-0.05, 0) is 11.5 Å². The predicted molar refractivity (Wildman–Crippen MR) is 80.5 cm³/mol. The van der Waals surface area contributed by atoms with Crippen molar-refractivity contribution < 1.29 is 19.7 Å². The third-order valence-corrected chi connectivity index (χ3v) is 3.32. The lowest BCUT2D eigenvalue weighted by molar-refractivity contribution is 0.0379. The number of likely N-dealkylation sites (N-methyl/N-ethyl adjacent to an activating group) is 1. The Hall–Kier alpha value is -2.11. The molecule has 1 unspecified atom stereocenters. The van der Waals surface area contributed by atoms with Crippen LogP contribution in [0.25, 0.3) is 10.8 Å². The van der Waals surface area contributed by atoms with E-state index in [0.29, 0.717) is 5.39 Å². The zero-order chi connectivity index (χ0) is 15.4. The minimum Gasteiger partial charge on any atom is -0.506 e. The lowest BCUT2D eigenvalue weighted by Gasteiger charge is -2.21.